The van der Waals surface area contributed by atoms with Crippen molar-refractivity contribution in [1.82, 2.24) is 9.97 Å². The van der Waals surface area contributed by atoms with E-state index >= 15 is 0 Å². The number of anilines is 1. The number of hydrogen-bond acceptors (Lipinski definition) is 4. The van der Waals surface area contributed by atoms with Gasteiger partial charge in [0.25, 0.3) is 0 Å². The highest BCUT2D eigenvalue weighted by Crippen LogP contribution is 2.24. The van der Waals surface area contributed by atoms with Crippen molar-refractivity contribution in [2.24, 2.45) is 5.73 Å². The largest absolute Gasteiger partial charge is 0.381 e. The minimum absolute atomic E-state index is 0.576. The van der Waals surface area contributed by atoms with E-state index < -0.39 is 0 Å². The third kappa shape index (κ3) is 2.93. The molecule has 17 heavy (non-hydrogen) atoms. The van der Waals surface area contributed by atoms with Gasteiger partial charge in [-0.15, -0.1) is 0 Å². The van der Waals surface area contributed by atoms with Gasteiger partial charge in [-0.1, -0.05) is 23.7 Å². The van der Waals surface area contributed by atoms with Crippen molar-refractivity contribution in [3.8, 4) is 11.4 Å². The molecule has 0 unspecified atom stereocenters. The van der Waals surface area contributed by atoms with Gasteiger partial charge >= 0.3 is 0 Å². The second kappa shape index (κ2) is 5.61. The molecule has 0 saturated carbocycles. The molecule has 2 rings (SSSR count). The third-order valence-electron chi connectivity index (χ3n) is 2.24. The first kappa shape index (κ1) is 11.8. The van der Waals surface area contributed by atoms with Crippen molar-refractivity contribution in [3.63, 3.8) is 0 Å². The van der Waals surface area contributed by atoms with Crippen LogP contribution in [-0.2, 0) is 0 Å². The maximum Gasteiger partial charge on any atom is 0.160 e. The second-order valence-corrected chi connectivity index (χ2v) is 3.90. The first-order valence-electron chi connectivity index (χ1n) is 5.32. The van der Waals surface area contributed by atoms with Gasteiger partial charge in [-0.05, 0) is 12.1 Å². The van der Waals surface area contributed by atoms with Crippen LogP contribution in [0.1, 0.15) is 0 Å². The molecule has 0 atom stereocenters. The maximum absolute atomic E-state index is 6.07. The molecule has 0 aliphatic rings. The van der Waals surface area contributed by atoms with E-state index in [1.165, 1.54) is 0 Å². The van der Waals surface area contributed by atoms with Gasteiger partial charge in [0, 0.05) is 18.7 Å². The van der Waals surface area contributed by atoms with Crippen LogP contribution in [-0.4, -0.2) is 23.1 Å². The van der Waals surface area contributed by atoms with Gasteiger partial charge in [0.2, 0.25) is 0 Å². The Hall–Kier alpha value is -1.65. The summed E-state index contributed by atoms with van der Waals surface area (Å²) in [7, 11) is 0. The van der Waals surface area contributed by atoms with Gasteiger partial charge in [0.05, 0.1) is 23.1 Å². The van der Waals surface area contributed by atoms with E-state index in [1.807, 2.05) is 24.3 Å². The molecule has 0 fully saturated rings. The van der Waals surface area contributed by atoms with Crippen LogP contribution in [0.3, 0.4) is 0 Å². The van der Waals surface area contributed by atoms with Gasteiger partial charge in [-0.2, -0.15) is 0 Å². The van der Waals surface area contributed by atoms with Crippen molar-refractivity contribution in [1.29, 1.82) is 0 Å². The number of halogens is 1. The molecule has 2 aromatic rings. The summed E-state index contributed by atoms with van der Waals surface area (Å²) in [5.41, 5.74) is 7.08. The van der Waals surface area contributed by atoms with Gasteiger partial charge in [0.15, 0.2) is 5.82 Å². The lowest BCUT2D eigenvalue weighted by atomic mass is 10.2. The van der Waals surface area contributed by atoms with E-state index in [0.717, 1.165) is 11.3 Å². The van der Waals surface area contributed by atoms with Crippen molar-refractivity contribution >= 4 is 17.3 Å². The van der Waals surface area contributed by atoms with E-state index in [2.05, 4.69) is 15.3 Å². The Kier molecular flexibility index (Phi) is 3.90. The summed E-state index contributed by atoms with van der Waals surface area (Å²) in [5.74, 6) is 0.619. The first-order chi connectivity index (χ1) is 8.31. The second-order valence-electron chi connectivity index (χ2n) is 3.49. The Morgan fingerprint density at radius 3 is 2.53 bits per heavy atom. The lowest BCUT2D eigenvalue weighted by Crippen LogP contribution is -2.13. The normalized spacial score (nSPS) is 10.2. The van der Waals surface area contributed by atoms with Gasteiger partial charge in [0.1, 0.15) is 0 Å². The number of nitrogens with two attached hydrogens (primary N) is 1. The Bertz CT molecular complexity index is 484. The van der Waals surface area contributed by atoms with Gasteiger partial charge in [-0.25, -0.2) is 9.97 Å². The molecule has 5 heteroatoms. The zero-order valence-corrected chi connectivity index (χ0v) is 9.98. The van der Waals surface area contributed by atoms with Crippen molar-refractivity contribution in [3.05, 3.63) is 41.7 Å². The SMILES string of the molecule is NCCNc1cnc(-c2ccccc2Cl)nc1. The molecule has 0 bridgehead atoms. The van der Waals surface area contributed by atoms with E-state index in [1.54, 1.807) is 12.4 Å². The molecule has 0 saturated heterocycles. The zero-order valence-electron chi connectivity index (χ0n) is 9.23. The van der Waals surface area contributed by atoms with E-state index in [4.69, 9.17) is 17.3 Å². The number of benzene rings is 1. The van der Waals surface area contributed by atoms with Crippen LogP contribution in [0.2, 0.25) is 5.02 Å². The monoisotopic (exact) mass is 248 g/mol. The molecule has 1 aromatic heterocycles. The predicted octanol–water partition coefficient (Wildman–Crippen LogP) is 2.17. The highest BCUT2D eigenvalue weighted by Gasteiger charge is 2.04. The maximum atomic E-state index is 6.07. The van der Waals surface area contributed by atoms with Crippen LogP contribution in [0.4, 0.5) is 5.69 Å². The molecule has 0 radical (unpaired) electrons. The molecule has 0 spiro atoms. The van der Waals surface area contributed by atoms with Crippen LogP contribution in [0, 0.1) is 0 Å². The molecular formula is C12H13ClN4. The Morgan fingerprint density at radius 2 is 1.88 bits per heavy atom. The first-order valence-corrected chi connectivity index (χ1v) is 5.70. The quantitative estimate of drug-likeness (QED) is 0.871. The third-order valence-corrected chi connectivity index (χ3v) is 2.57. The molecule has 0 aliphatic carbocycles. The van der Waals surface area contributed by atoms with Crippen LogP contribution in [0.5, 0.6) is 0 Å². The molecule has 0 aliphatic heterocycles. The minimum atomic E-state index is 0.576. The molecule has 1 aromatic carbocycles. The van der Waals surface area contributed by atoms with Crippen molar-refractivity contribution in [2.45, 2.75) is 0 Å². The van der Waals surface area contributed by atoms with E-state index in [9.17, 15) is 0 Å². The Morgan fingerprint density at radius 1 is 1.18 bits per heavy atom. The summed E-state index contributed by atoms with van der Waals surface area (Å²) >= 11 is 6.07. The van der Waals surface area contributed by atoms with E-state index in [0.29, 0.717) is 23.9 Å². The summed E-state index contributed by atoms with van der Waals surface area (Å²) in [4.78, 5) is 8.53. The molecule has 1 heterocycles. The van der Waals surface area contributed by atoms with E-state index in [-0.39, 0.29) is 0 Å². The zero-order chi connectivity index (χ0) is 12.1. The number of hydrogen-bond donors (Lipinski definition) is 2. The average Bonchev–Trinajstić information content (AvgIpc) is 2.38. The lowest BCUT2D eigenvalue weighted by molar-refractivity contribution is 1.02. The topological polar surface area (TPSA) is 63.8 Å². The minimum Gasteiger partial charge on any atom is -0.381 e. The fourth-order valence-corrected chi connectivity index (χ4v) is 1.64. The van der Waals surface area contributed by atoms with Crippen molar-refractivity contribution in [2.75, 3.05) is 18.4 Å². The van der Waals surface area contributed by atoms with Crippen molar-refractivity contribution < 1.29 is 0 Å². The number of rotatable bonds is 4. The summed E-state index contributed by atoms with van der Waals surface area (Å²) in [6.07, 6.45) is 3.45. The fraction of sp³-hybridized carbons (Fsp3) is 0.167. The number of nitrogens with one attached hydrogen (secondary N) is 1. The number of aromatic nitrogens is 2. The summed E-state index contributed by atoms with van der Waals surface area (Å²) in [5, 5.41) is 3.75. The highest BCUT2D eigenvalue weighted by molar-refractivity contribution is 6.33. The summed E-state index contributed by atoms with van der Waals surface area (Å²) in [6.45, 7) is 1.28. The summed E-state index contributed by atoms with van der Waals surface area (Å²) in [6, 6.07) is 7.50. The summed E-state index contributed by atoms with van der Waals surface area (Å²) < 4.78 is 0. The standard InChI is InChI=1S/C12H13ClN4/c13-11-4-2-1-3-10(11)12-16-7-9(8-17-12)15-6-5-14/h1-4,7-8,15H,5-6,14H2. The van der Waals surface area contributed by atoms with Gasteiger partial charge in [-0.3, -0.25) is 0 Å². The average molecular weight is 249 g/mol. The van der Waals surface area contributed by atoms with Crippen LogP contribution in [0.15, 0.2) is 36.7 Å². The Balaban J connectivity index is 2.21. The smallest absolute Gasteiger partial charge is 0.160 e. The molecule has 4 nitrogen and oxygen atoms in total. The van der Waals surface area contributed by atoms with Crippen LogP contribution in [0.25, 0.3) is 11.4 Å². The highest BCUT2D eigenvalue weighted by atomic mass is 35.5. The molecular weight excluding hydrogens is 236 g/mol. The fourth-order valence-electron chi connectivity index (χ4n) is 1.42. The molecule has 0 amide bonds. The number of nitrogens with zero attached hydrogens (tertiary/aromatic N) is 2. The molecule has 88 valence electrons. The van der Waals surface area contributed by atoms with Crippen LogP contribution < -0.4 is 11.1 Å². The Labute approximate surface area is 105 Å². The van der Waals surface area contributed by atoms with Gasteiger partial charge < -0.3 is 11.1 Å². The predicted molar refractivity (Wildman–Crippen MR) is 70.0 cm³/mol. The molecule has 3 N–H and O–H groups in total. The lowest BCUT2D eigenvalue weighted by Gasteiger charge is -2.05. The van der Waals surface area contributed by atoms with Crippen LogP contribution >= 0.6 is 11.6 Å².